The number of rotatable bonds is 6. The molecule has 0 aromatic rings. The molecule has 1 aliphatic rings. The van der Waals surface area contributed by atoms with Crippen molar-refractivity contribution in [3.05, 3.63) is 12.7 Å². The van der Waals surface area contributed by atoms with E-state index in [9.17, 15) is 8.42 Å². The van der Waals surface area contributed by atoms with Crippen molar-refractivity contribution in [2.24, 2.45) is 11.7 Å². The molecule has 2 N–H and O–H groups in total. The Balaban J connectivity index is 2.56. The first-order valence-electron chi connectivity index (χ1n) is 6.04. The molecule has 6 heteroatoms. The molecular weight excluding hydrogens is 238 g/mol. The lowest BCUT2D eigenvalue weighted by Gasteiger charge is -2.33. The van der Waals surface area contributed by atoms with Crippen LogP contribution in [0.15, 0.2) is 12.7 Å². The molecule has 1 aliphatic heterocycles. The second-order valence-corrected chi connectivity index (χ2v) is 6.52. The number of nitrogens with two attached hydrogens (primary N) is 1. The number of nitrogens with zero attached hydrogens (tertiary/aromatic N) is 2. The predicted molar refractivity (Wildman–Crippen MR) is 69.7 cm³/mol. The van der Waals surface area contributed by atoms with Crippen LogP contribution in [0.5, 0.6) is 0 Å². The number of hydrogen-bond donors (Lipinski definition) is 1. The van der Waals surface area contributed by atoms with Crippen molar-refractivity contribution in [2.45, 2.75) is 19.3 Å². The Hall–Kier alpha value is -0.430. The van der Waals surface area contributed by atoms with E-state index < -0.39 is 10.2 Å². The zero-order valence-electron chi connectivity index (χ0n) is 10.5. The Labute approximate surface area is 104 Å². The predicted octanol–water partition coefficient (Wildman–Crippen LogP) is 0.410. The van der Waals surface area contributed by atoms with Gasteiger partial charge in [-0.15, -0.1) is 6.58 Å². The van der Waals surface area contributed by atoms with E-state index in [1.807, 2.05) is 0 Å². The summed E-state index contributed by atoms with van der Waals surface area (Å²) < 4.78 is 27.3. The molecule has 100 valence electrons. The summed E-state index contributed by atoms with van der Waals surface area (Å²) in [6.07, 6.45) is 4.14. The average Bonchev–Trinajstić information content (AvgIpc) is 2.35. The molecule has 0 aromatic heterocycles. The SMILES string of the molecule is C=CCCN(C)S(=O)(=O)N1CCC(CN)CC1. The minimum absolute atomic E-state index is 0.472. The van der Waals surface area contributed by atoms with Crippen LogP contribution < -0.4 is 5.73 Å². The van der Waals surface area contributed by atoms with E-state index in [0.29, 0.717) is 38.5 Å². The molecule has 0 aliphatic carbocycles. The first-order valence-corrected chi connectivity index (χ1v) is 7.44. The lowest BCUT2D eigenvalue weighted by atomic mass is 9.99. The van der Waals surface area contributed by atoms with E-state index in [0.717, 1.165) is 12.8 Å². The summed E-state index contributed by atoms with van der Waals surface area (Å²) >= 11 is 0. The molecule has 1 heterocycles. The van der Waals surface area contributed by atoms with Crippen LogP contribution in [-0.4, -0.2) is 50.3 Å². The average molecular weight is 261 g/mol. The highest BCUT2D eigenvalue weighted by Crippen LogP contribution is 2.19. The van der Waals surface area contributed by atoms with E-state index >= 15 is 0 Å². The molecule has 1 fully saturated rings. The van der Waals surface area contributed by atoms with Crippen molar-refractivity contribution in [1.29, 1.82) is 0 Å². The molecule has 0 spiro atoms. The molecule has 0 amide bonds. The second-order valence-electron chi connectivity index (χ2n) is 4.48. The summed E-state index contributed by atoms with van der Waals surface area (Å²) in [5.41, 5.74) is 5.59. The van der Waals surface area contributed by atoms with Crippen molar-refractivity contribution < 1.29 is 8.42 Å². The van der Waals surface area contributed by atoms with Gasteiger partial charge in [0.15, 0.2) is 0 Å². The van der Waals surface area contributed by atoms with E-state index in [-0.39, 0.29) is 0 Å². The van der Waals surface area contributed by atoms with Gasteiger partial charge in [-0.3, -0.25) is 0 Å². The van der Waals surface area contributed by atoms with E-state index in [4.69, 9.17) is 5.73 Å². The van der Waals surface area contributed by atoms with Gasteiger partial charge in [0.25, 0.3) is 10.2 Å². The second kappa shape index (κ2) is 6.49. The Bertz CT molecular complexity index is 335. The van der Waals surface area contributed by atoms with Crippen LogP contribution in [0.1, 0.15) is 19.3 Å². The first-order chi connectivity index (χ1) is 8.02. The van der Waals surface area contributed by atoms with Gasteiger partial charge in [-0.1, -0.05) is 6.08 Å². The largest absolute Gasteiger partial charge is 0.330 e. The Morgan fingerprint density at radius 3 is 2.53 bits per heavy atom. The molecule has 0 saturated carbocycles. The van der Waals surface area contributed by atoms with Crippen molar-refractivity contribution >= 4 is 10.2 Å². The Morgan fingerprint density at radius 1 is 1.47 bits per heavy atom. The smallest absolute Gasteiger partial charge is 0.281 e. The Kier molecular flexibility index (Phi) is 5.58. The number of piperidine rings is 1. The van der Waals surface area contributed by atoms with Crippen molar-refractivity contribution in [1.82, 2.24) is 8.61 Å². The molecule has 17 heavy (non-hydrogen) atoms. The highest BCUT2D eigenvalue weighted by molar-refractivity contribution is 7.86. The van der Waals surface area contributed by atoms with Gasteiger partial charge in [-0.25, -0.2) is 0 Å². The third kappa shape index (κ3) is 3.77. The normalized spacial score (nSPS) is 19.7. The van der Waals surface area contributed by atoms with Gasteiger partial charge >= 0.3 is 0 Å². The zero-order valence-corrected chi connectivity index (χ0v) is 11.3. The summed E-state index contributed by atoms with van der Waals surface area (Å²) in [6.45, 7) is 5.91. The molecule has 0 bridgehead atoms. The highest BCUT2D eigenvalue weighted by Gasteiger charge is 2.30. The Morgan fingerprint density at radius 2 is 2.06 bits per heavy atom. The highest BCUT2D eigenvalue weighted by atomic mass is 32.2. The molecule has 0 radical (unpaired) electrons. The molecule has 0 aromatic carbocycles. The third-order valence-electron chi connectivity index (χ3n) is 3.28. The number of hydrogen-bond acceptors (Lipinski definition) is 3. The first kappa shape index (κ1) is 14.6. The molecule has 1 saturated heterocycles. The van der Waals surface area contributed by atoms with Crippen molar-refractivity contribution in [2.75, 3.05) is 33.2 Å². The topological polar surface area (TPSA) is 66.6 Å². The summed E-state index contributed by atoms with van der Waals surface area (Å²) in [4.78, 5) is 0. The van der Waals surface area contributed by atoms with Gasteiger partial charge in [0.05, 0.1) is 0 Å². The van der Waals surface area contributed by atoms with Crippen LogP contribution in [0.4, 0.5) is 0 Å². The standard InChI is InChI=1S/C11H23N3O2S/c1-3-4-7-13(2)17(15,16)14-8-5-11(10-12)6-9-14/h3,11H,1,4-10,12H2,2H3. The lowest BCUT2D eigenvalue weighted by molar-refractivity contribution is 0.263. The summed E-state index contributed by atoms with van der Waals surface area (Å²) in [7, 11) is -1.67. The fourth-order valence-corrected chi connectivity index (χ4v) is 3.36. The third-order valence-corrected chi connectivity index (χ3v) is 5.26. The van der Waals surface area contributed by atoms with Gasteiger partial charge in [-0.2, -0.15) is 17.0 Å². The van der Waals surface area contributed by atoms with Crippen LogP contribution in [0.3, 0.4) is 0 Å². The van der Waals surface area contributed by atoms with Crippen LogP contribution in [0.25, 0.3) is 0 Å². The van der Waals surface area contributed by atoms with E-state index in [1.54, 1.807) is 17.4 Å². The summed E-state index contributed by atoms with van der Waals surface area (Å²) in [6, 6.07) is 0. The quantitative estimate of drug-likeness (QED) is 0.704. The van der Waals surface area contributed by atoms with Gasteiger partial charge < -0.3 is 5.73 Å². The molecule has 0 unspecified atom stereocenters. The van der Waals surface area contributed by atoms with Crippen molar-refractivity contribution in [3.63, 3.8) is 0 Å². The fraction of sp³-hybridized carbons (Fsp3) is 0.818. The van der Waals surface area contributed by atoms with Gasteiger partial charge in [0, 0.05) is 26.7 Å². The molecule has 0 atom stereocenters. The van der Waals surface area contributed by atoms with Crippen LogP contribution in [0, 0.1) is 5.92 Å². The zero-order chi connectivity index (χ0) is 12.9. The van der Waals surface area contributed by atoms with Crippen molar-refractivity contribution in [3.8, 4) is 0 Å². The minimum atomic E-state index is -3.29. The monoisotopic (exact) mass is 261 g/mol. The molecular formula is C11H23N3O2S. The van der Waals surface area contributed by atoms with Gasteiger partial charge in [0.2, 0.25) is 0 Å². The fourth-order valence-electron chi connectivity index (χ4n) is 1.96. The van der Waals surface area contributed by atoms with Crippen LogP contribution >= 0.6 is 0 Å². The lowest BCUT2D eigenvalue weighted by Crippen LogP contribution is -2.46. The van der Waals surface area contributed by atoms with E-state index in [2.05, 4.69) is 6.58 Å². The maximum atomic E-state index is 12.2. The van der Waals surface area contributed by atoms with Gasteiger partial charge in [-0.05, 0) is 31.7 Å². The van der Waals surface area contributed by atoms with E-state index in [1.165, 1.54) is 4.31 Å². The molecule has 1 rings (SSSR count). The summed E-state index contributed by atoms with van der Waals surface area (Å²) in [5.74, 6) is 0.472. The molecule has 5 nitrogen and oxygen atoms in total. The van der Waals surface area contributed by atoms with Gasteiger partial charge in [0.1, 0.15) is 0 Å². The van der Waals surface area contributed by atoms with Crippen LogP contribution in [0.2, 0.25) is 0 Å². The maximum Gasteiger partial charge on any atom is 0.281 e. The van der Waals surface area contributed by atoms with Crippen LogP contribution in [-0.2, 0) is 10.2 Å². The minimum Gasteiger partial charge on any atom is -0.330 e. The summed E-state index contributed by atoms with van der Waals surface area (Å²) in [5, 5.41) is 0. The maximum absolute atomic E-state index is 12.2.